The van der Waals surface area contributed by atoms with E-state index in [9.17, 15) is 4.79 Å². The molecule has 1 aliphatic carbocycles. The monoisotopic (exact) mass is 186 g/mol. The van der Waals surface area contributed by atoms with Gasteiger partial charge in [0.1, 0.15) is 0 Å². The standard InChI is InChI=1S/C9H14O4/c1-13-9(12)7-5-3-2-4-6(7)8(10)11/h2-3,6-8,10-11H,4-5H2,1H3/t6-,7+/m1/s1. The number of rotatable bonds is 2. The van der Waals surface area contributed by atoms with Gasteiger partial charge in [0.2, 0.25) is 0 Å². The number of aliphatic hydroxyl groups excluding tert-OH is 1. The lowest BCUT2D eigenvalue weighted by Gasteiger charge is -2.27. The molecule has 0 aliphatic heterocycles. The lowest BCUT2D eigenvalue weighted by molar-refractivity contribution is -0.157. The van der Waals surface area contributed by atoms with Gasteiger partial charge in [0.15, 0.2) is 6.29 Å². The quantitative estimate of drug-likeness (QED) is 0.363. The molecule has 4 heteroatoms. The third-order valence-electron chi connectivity index (χ3n) is 2.37. The van der Waals surface area contributed by atoms with Crippen molar-refractivity contribution < 1.29 is 19.7 Å². The Balaban J connectivity index is 2.69. The lowest BCUT2D eigenvalue weighted by Crippen LogP contribution is -2.34. The molecule has 0 aromatic rings. The summed E-state index contributed by atoms with van der Waals surface area (Å²) in [6.07, 6.45) is 3.30. The maximum Gasteiger partial charge on any atom is 0.309 e. The highest BCUT2D eigenvalue weighted by atomic mass is 16.5. The minimum Gasteiger partial charge on any atom is -0.469 e. The Kier molecular flexibility index (Phi) is 3.45. The first-order valence-electron chi connectivity index (χ1n) is 4.25. The predicted octanol–water partition coefficient (Wildman–Crippen LogP) is 0.0525. The molecule has 1 rings (SSSR count). The summed E-state index contributed by atoms with van der Waals surface area (Å²) in [6, 6.07) is 0. The van der Waals surface area contributed by atoms with E-state index in [-0.39, 0.29) is 5.97 Å². The Bertz CT molecular complexity index is 210. The van der Waals surface area contributed by atoms with Gasteiger partial charge in [-0.2, -0.15) is 0 Å². The number of ether oxygens (including phenoxy) is 1. The fraction of sp³-hybridized carbons (Fsp3) is 0.667. The molecule has 2 atom stereocenters. The zero-order chi connectivity index (χ0) is 9.84. The van der Waals surface area contributed by atoms with Crippen molar-refractivity contribution in [3.63, 3.8) is 0 Å². The molecule has 0 amide bonds. The van der Waals surface area contributed by atoms with Crippen molar-refractivity contribution in [2.75, 3.05) is 7.11 Å². The van der Waals surface area contributed by atoms with E-state index in [1.807, 2.05) is 12.2 Å². The van der Waals surface area contributed by atoms with Gasteiger partial charge in [-0.25, -0.2) is 0 Å². The van der Waals surface area contributed by atoms with Crippen LogP contribution in [0.5, 0.6) is 0 Å². The minimum absolute atomic E-state index is 0.373. The van der Waals surface area contributed by atoms with Gasteiger partial charge < -0.3 is 14.9 Å². The van der Waals surface area contributed by atoms with E-state index in [0.29, 0.717) is 12.8 Å². The van der Waals surface area contributed by atoms with Crippen LogP contribution in [0.2, 0.25) is 0 Å². The van der Waals surface area contributed by atoms with Crippen molar-refractivity contribution in [2.24, 2.45) is 11.8 Å². The summed E-state index contributed by atoms with van der Waals surface area (Å²) in [7, 11) is 1.31. The van der Waals surface area contributed by atoms with Crippen molar-refractivity contribution in [3.8, 4) is 0 Å². The maximum absolute atomic E-state index is 11.2. The zero-order valence-electron chi connectivity index (χ0n) is 7.51. The highest BCUT2D eigenvalue weighted by molar-refractivity contribution is 5.73. The van der Waals surface area contributed by atoms with Crippen LogP contribution >= 0.6 is 0 Å². The van der Waals surface area contributed by atoms with E-state index in [2.05, 4.69) is 4.74 Å². The number of carbonyl (C=O) groups excluding carboxylic acids is 1. The molecule has 0 aromatic heterocycles. The summed E-state index contributed by atoms with van der Waals surface area (Å²) in [5, 5.41) is 18.0. The Morgan fingerprint density at radius 3 is 2.62 bits per heavy atom. The van der Waals surface area contributed by atoms with Crippen molar-refractivity contribution in [3.05, 3.63) is 12.2 Å². The third kappa shape index (κ3) is 2.29. The highest BCUT2D eigenvalue weighted by Crippen LogP contribution is 2.28. The van der Waals surface area contributed by atoms with Gasteiger partial charge in [-0.15, -0.1) is 0 Å². The van der Waals surface area contributed by atoms with Crippen LogP contribution in [0.15, 0.2) is 12.2 Å². The molecule has 0 spiro atoms. The molecule has 0 saturated carbocycles. The van der Waals surface area contributed by atoms with Crippen LogP contribution in [0, 0.1) is 11.8 Å². The summed E-state index contributed by atoms with van der Waals surface area (Å²) in [5.41, 5.74) is 0. The SMILES string of the molecule is COC(=O)[C@H]1CC=CC[C@H]1C(O)O. The van der Waals surface area contributed by atoms with Gasteiger partial charge in [0, 0.05) is 5.92 Å². The van der Waals surface area contributed by atoms with Crippen LogP contribution in [0.1, 0.15) is 12.8 Å². The van der Waals surface area contributed by atoms with Crippen LogP contribution in [-0.2, 0) is 9.53 Å². The molecular formula is C9H14O4. The van der Waals surface area contributed by atoms with Crippen LogP contribution in [0.25, 0.3) is 0 Å². The average molecular weight is 186 g/mol. The number of methoxy groups -OCH3 is 1. The van der Waals surface area contributed by atoms with Crippen LogP contribution < -0.4 is 0 Å². The summed E-state index contributed by atoms with van der Waals surface area (Å²) < 4.78 is 4.58. The van der Waals surface area contributed by atoms with Crippen molar-refractivity contribution in [1.82, 2.24) is 0 Å². The maximum atomic E-state index is 11.2. The number of esters is 1. The van der Waals surface area contributed by atoms with Gasteiger partial charge in [-0.05, 0) is 12.8 Å². The molecule has 0 fully saturated rings. The highest BCUT2D eigenvalue weighted by Gasteiger charge is 2.33. The lowest BCUT2D eigenvalue weighted by atomic mass is 9.82. The number of hydrogen-bond acceptors (Lipinski definition) is 4. The molecular weight excluding hydrogens is 172 g/mol. The average Bonchev–Trinajstić information content (AvgIpc) is 2.16. The third-order valence-corrected chi connectivity index (χ3v) is 2.37. The Hall–Kier alpha value is -0.870. The Labute approximate surface area is 76.8 Å². The molecule has 74 valence electrons. The molecule has 0 unspecified atom stereocenters. The number of hydrogen-bond donors (Lipinski definition) is 2. The van der Waals surface area contributed by atoms with Crippen LogP contribution in [0.3, 0.4) is 0 Å². The van der Waals surface area contributed by atoms with Gasteiger partial charge in [-0.3, -0.25) is 4.79 Å². The van der Waals surface area contributed by atoms with E-state index in [1.165, 1.54) is 7.11 Å². The van der Waals surface area contributed by atoms with E-state index < -0.39 is 18.1 Å². The molecule has 0 bridgehead atoms. The Morgan fingerprint density at radius 2 is 2.08 bits per heavy atom. The Morgan fingerprint density at radius 1 is 1.46 bits per heavy atom. The fourth-order valence-corrected chi connectivity index (χ4v) is 1.59. The first-order chi connectivity index (χ1) is 6.16. The van der Waals surface area contributed by atoms with Gasteiger partial charge in [-0.1, -0.05) is 12.2 Å². The van der Waals surface area contributed by atoms with Crippen LogP contribution in [0.4, 0.5) is 0 Å². The molecule has 1 aliphatic rings. The summed E-state index contributed by atoms with van der Waals surface area (Å²) >= 11 is 0. The normalized spacial score (nSPS) is 27.7. The predicted molar refractivity (Wildman–Crippen MR) is 45.6 cm³/mol. The minimum atomic E-state index is -1.45. The molecule has 0 saturated heterocycles. The van der Waals surface area contributed by atoms with Crippen molar-refractivity contribution >= 4 is 5.97 Å². The summed E-state index contributed by atoms with van der Waals surface area (Å²) in [6.45, 7) is 0. The van der Waals surface area contributed by atoms with Gasteiger partial charge >= 0.3 is 5.97 Å². The first kappa shape index (κ1) is 10.2. The second kappa shape index (κ2) is 4.39. The van der Waals surface area contributed by atoms with Crippen LogP contribution in [-0.4, -0.2) is 29.6 Å². The van der Waals surface area contributed by atoms with Gasteiger partial charge in [0.25, 0.3) is 0 Å². The molecule has 2 N–H and O–H groups in total. The molecule has 0 aromatic carbocycles. The van der Waals surface area contributed by atoms with E-state index in [4.69, 9.17) is 10.2 Å². The first-order valence-corrected chi connectivity index (χ1v) is 4.25. The fourth-order valence-electron chi connectivity index (χ4n) is 1.59. The van der Waals surface area contributed by atoms with Crippen molar-refractivity contribution in [1.29, 1.82) is 0 Å². The van der Waals surface area contributed by atoms with Gasteiger partial charge in [0.05, 0.1) is 13.0 Å². The van der Waals surface area contributed by atoms with Crippen molar-refractivity contribution in [2.45, 2.75) is 19.1 Å². The molecule has 4 nitrogen and oxygen atoms in total. The number of aliphatic hydroxyl groups is 2. The smallest absolute Gasteiger partial charge is 0.309 e. The second-order valence-corrected chi connectivity index (χ2v) is 3.15. The zero-order valence-corrected chi connectivity index (χ0v) is 7.51. The molecule has 0 heterocycles. The van der Waals surface area contributed by atoms with E-state index in [0.717, 1.165) is 0 Å². The number of allylic oxidation sites excluding steroid dienone is 2. The largest absolute Gasteiger partial charge is 0.469 e. The summed E-state index contributed by atoms with van der Waals surface area (Å²) in [4.78, 5) is 11.2. The molecule has 13 heavy (non-hydrogen) atoms. The second-order valence-electron chi connectivity index (χ2n) is 3.15. The van der Waals surface area contributed by atoms with E-state index in [1.54, 1.807) is 0 Å². The number of carbonyl (C=O) groups is 1. The summed E-state index contributed by atoms with van der Waals surface area (Å²) in [5.74, 6) is -1.23. The topological polar surface area (TPSA) is 66.8 Å². The van der Waals surface area contributed by atoms with E-state index >= 15 is 0 Å². The molecule has 0 radical (unpaired) electrons.